The van der Waals surface area contributed by atoms with Crippen LogP contribution in [0.5, 0.6) is 0 Å². The summed E-state index contributed by atoms with van der Waals surface area (Å²) in [6.45, 7) is 12.2. The van der Waals surface area contributed by atoms with Crippen LogP contribution in [0.15, 0.2) is 22.8 Å². The van der Waals surface area contributed by atoms with Crippen LogP contribution in [0.3, 0.4) is 0 Å². The molecule has 1 aliphatic heterocycles. The highest BCUT2D eigenvalue weighted by Crippen LogP contribution is 2.16. The Morgan fingerprint density at radius 1 is 1.39 bits per heavy atom. The van der Waals surface area contributed by atoms with Crippen LogP contribution in [0.4, 0.5) is 0 Å². The maximum atomic E-state index is 5.32. The summed E-state index contributed by atoms with van der Waals surface area (Å²) in [6, 6.07) is 3.94. The Labute approximate surface area is 110 Å². The van der Waals surface area contributed by atoms with Crippen LogP contribution in [-0.2, 0) is 6.54 Å². The van der Waals surface area contributed by atoms with Gasteiger partial charge >= 0.3 is 0 Å². The van der Waals surface area contributed by atoms with Crippen molar-refractivity contribution in [2.24, 2.45) is 5.41 Å². The zero-order valence-corrected chi connectivity index (χ0v) is 11.5. The van der Waals surface area contributed by atoms with Crippen LogP contribution in [0.1, 0.15) is 19.6 Å². The van der Waals surface area contributed by atoms with Crippen molar-refractivity contribution in [1.82, 2.24) is 15.5 Å². The van der Waals surface area contributed by atoms with E-state index in [1.165, 1.54) is 13.1 Å². The van der Waals surface area contributed by atoms with Crippen molar-refractivity contribution in [2.45, 2.75) is 20.4 Å². The molecule has 4 nitrogen and oxygen atoms in total. The number of hydrogen-bond acceptors (Lipinski definition) is 4. The Bertz CT molecular complexity index is 329. The summed E-state index contributed by atoms with van der Waals surface area (Å²) in [4.78, 5) is 2.55. The van der Waals surface area contributed by atoms with Crippen molar-refractivity contribution in [3.63, 3.8) is 0 Å². The van der Waals surface area contributed by atoms with Gasteiger partial charge < -0.3 is 20.0 Å². The molecule has 0 atom stereocenters. The van der Waals surface area contributed by atoms with Gasteiger partial charge in [-0.15, -0.1) is 0 Å². The van der Waals surface area contributed by atoms with E-state index in [9.17, 15) is 0 Å². The molecule has 2 rings (SSSR count). The number of hydrogen-bond donors (Lipinski definition) is 2. The van der Waals surface area contributed by atoms with Gasteiger partial charge in [0, 0.05) is 39.3 Å². The molecule has 1 aliphatic rings. The second-order valence-corrected chi connectivity index (χ2v) is 5.87. The summed E-state index contributed by atoms with van der Waals surface area (Å²) in [5.41, 5.74) is 0.296. The van der Waals surface area contributed by atoms with E-state index in [0.29, 0.717) is 5.41 Å². The van der Waals surface area contributed by atoms with Crippen molar-refractivity contribution in [2.75, 3.05) is 39.3 Å². The molecule has 0 bridgehead atoms. The molecule has 4 heteroatoms. The molecule has 1 aromatic rings. The molecule has 0 unspecified atom stereocenters. The molecular formula is C14H25N3O. The summed E-state index contributed by atoms with van der Waals surface area (Å²) in [5, 5.41) is 6.87. The van der Waals surface area contributed by atoms with Crippen molar-refractivity contribution in [3.8, 4) is 0 Å². The molecule has 0 spiro atoms. The smallest absolute Gasteiger partial charge is 0.117 e. The highest BCUT2D eigenvalue weighted by Gasteiger charge is 2.22. The van der Waals surface area contributed by atoms with Gasteiger partial charge in [-0.25, -0.2) is 0 Å². The SMILES string of the molecule is CC(C)(CNCc1ccco1)CN1CCNCC1. The van der Waals surface area contributed by atoms with E-state index < -0.39 is 0 Å². The monoisotopic (exact) mass is 251 g/mol. The average Bonchev–Trinajstić information content (AvgIpc) is 2.82. The fraction of sp³-hybridized carbons (Fsp3) is 0.714. The van der Waals surface area contributed by atoms with Crippen LogP contribution < -0.4 is 10.6 Å². The van der Waals surface area contributed by atoms with Crippen molar-refractivity contribution in [1.29, 1.82) is 0 Å². The number of nitrogens with zero attached hydrogens (tertiary/aromatic N) is 1. The number of nitrogens with one attached hydrogen (secondary N) is 2. The topological polar surface area (TPSA) is 40.4 Å². The molecule has 1 aromatic heterocycles. The van der Waals surface area contributed by atoms with Gasteiger partial charge in [-0.05, 0) is 17.5 Å². The fourth-order valence-electron chi connectivity index (χ4n) is 2.47. The molecule has 0 saturated carbocycles. The molecular weight excluding hydrogens is 226 g/mol. The molecule has 102 valence electrons. The van der Waals surface area contributed by atoms with Gasteiger partial charge in [-0.3, -0.25) is 0 Å². The van der Waals surface area contributed by atoms with Gasteiger partial charge in [0.2, 0.25) is 0 Å². The third-order valence-corrected chi connectivity index (χ3v) is 3.34. The Morgan fingerprint density at radius 3 is 2.83 bits per heavy atom. The predicted octanol–water partition coefficient (Wildman–Crippen LogP) is 1.30. The van der Waals surface area contributed by atoms with E-state index in [2.05, 4.69) is 29.4 Å². The molecule has 0 radical (unpaired) electrons. The molecule has 2 heterocycles. The van der Waals surface area contributed by atoms with Gasteiger partial charge in [0.15, 0.2) is 0 Å². The summed E-state index contributed by atoms with van der Waals surface area (Å²) >= 11 is 0. The lowest BCUT2D eigenvalue weighted by Gasteiger charge is -2.35. The number of piperazine rings is 1. The fourth-order valence-corrected chi connectivity index (χ4v) is 2.47. The van der Waals surface area contributed by atoms with Crippen molar-refractivity contribution in [3.05, 3.63) is 24.2 Å². The third-order valence-electron chi connectivity index (χ3n) is 3.34. The highest BCUT2D eigenvalue weighted by atomic mass is 16.3. The molecule has 1 fully saturated rings. The molecule has 18 heavy (non-hydrogen) atoms. The zero-order chi connectivity index (χ0) is 12.8. The van der Waals surface area contributed by atoms with Crippen molar-refractivity contribution >= 4 is 0 Å². The Morgan fingerprint density at radius 2 is 2.17 bits per heavy atom. The van der Waals surface area contributed by atoms with Crippen molar-refractivity contribution < 1.29 is 4.42 Å². The molecule has 0 aromatic carbocycles. The van der Waals surface area contributed by atoms with Crippen LogP contribution in [0.2, 0.25) is 0 Å². The third kappa shape index (κ3) is 4.44. The largest absolute Gasteiger partial charge is 0.468 e. The maximum absolute atomic E-state index is 5.32. The number of furan rings is 1. The van der Waals surface area contributed by atoms with E-state index in [4.69, 9.17) is 4.42 Å². The second-order valence-electron chi connectivity index (χ2n) is 5.87. The lowest BCUT2D eigenvalue weighted by atomic mass is 9.92. The van der Waals surface area contributed by atoms with Gasteiger partial charge in [0.25, 0.3) is 0 Å². The quantitative estimate of drug-likeness (QED) is 0.799. The average molecular weight is 251 g/mol. The van der Waals surface area contributed by atoms with Crippen LogP contribution >= 0.6 is 0 Å². The van der Waals surface area contributed by atoms with E-state index in [1.807, 2.05) is 12.1 Å². The molecule has 1 saturated heterocycles. The Hall–Kier alpha value is -0.840. The van der Waals surface area contributed by atoms with E-state index in [0.717, 1.165) is 38.5 Å². The lowest BCUT2D eigenvalue weighted by Crippen LogP contribution is -2.48. The first kappa shape index (κ1) is 13.6. The maximum Gasteiger partial charge on any atom is 0.117 e. The van der Waals surface area contributed by atoms with Gasteiger partial charge in [0.05, 0.1) is 12.8 Å². The van der Waals surface area contributed by atoms with Crippen LogP contribution in [0, 0.1) is 5.41 Å². The predicted molar refractivity (Wildman–Crippen MR) is 73.5 cm³/mol. The standard InChI is InChI=1S/C14H25N3O/c1-14(2,12-17-7-5-15-6-8-17)11-16-10-13-4-3-9-18-13/h3-4,9,15-16H,5-8,10-12H2,1-2H3. The van der Waals surface area contributed by atoms with Crippen LogP contribution in [0.25, 0.3) is 0 Å². The summed E-state index contributed by atoms with van der Waals surface area (Å²) in [5.74, 6) is 1.01. The second kappa shape index (κ2) is 6.36. The van der Waals surface area contributed by atoms with Gasteiger partial charge in [-0.2, -0.15) is 0 Å². The molecule has 0 amide bonds. The summed E-state index contributed by atoms with van der Waals surface area (Å²) < 4.78 is 5.32. The van der Waals surface area contributed by atoms with E-state index >= 15 is 0 Å². The van der Waals surface area contributed by atoms with E-state index in [-0.39, 0.29) is 0 Å². The first-order chi connectivity index (χ1) is 8.66. The first-order valence-corrected chi connectivity index (χ1v) is 6.82. The Kier molecular flexibility index (Phi) is 4.80. The minimum Gasteiger partial charge on any atom is -0.468 e. The number of rotatable bonds is 6. The van der Waals surface area contributed by atoms with Gasteiger partial charge in [-0.1, -0.05) is 13.8 Å². The summed E-state index contributed by atoms with van der Waals surface area (Å²) in [6.07, 6.45) is 1.73. The highest BCUT2D eigenvalue weighted by molar-refractivity contribution is 4.97. The molecule has 2 N–H and O–H groups in total. The van der Waals surface area contributed by atoms with E-state index in [1.54, 1.807) is 6.26 Å². The normalized spacial score (nSPS) is 18.1. The minimum absolute atomic E-state index is 0.296. The van der Waals surface area contributed by atoms with Crippen LogP contribution in [-0.4, -0.2) is 44.2 Å². The minimum atomic E-state index is 0.296. The lowest BCUT2D eigenvalue weighted by molar-refractivity contribution is 0.157. The first-order valence-electron chi connectivity index (χ1n) is 6.82. The zero-order valence-electron chi connectivity index (χ0n) is 11.5. The van der Waals surface area contributed by atoms with Gasteiger partial charge in [0.1, 0.15) is 5.76 Å². The molecule has 0 aliphatic carbocycles. The Balaban J connectivity index is 1.69. The summed E-state index contributed by atoms with van der Waals surface area (Å²) in [7, 11) is 0.